The molecule has 3 aromatic rings. The number of hydrogen-bond acceptors (Lipinski definition) is 0. The van der Waals surface area contributed by atoms with Crippen molar-refractivity contribution in [2.75, 3.05) is 0 Å². The van der Waals surface area contributed by atoms with Gasteiger partial charge in [0.05, 0.1) is 0 Å². The van der Waals surface area contributed by atoms with Crippen molar-refractivity contribution in [1.29, 1.82) is 0 Å². The molecule has 118 valence electrons. The van der Waals surface area contributed by atoms with E-state index in [0.717, 1.165) is 29.4 Å². The molecule has 0 bridgehead atoms. The van der Waals surface area contributed by atoms with Gasteiger partial charge in [0.1, 0.15) is 0 Å². The zero-order valence-electron chi connectivity index (χ0n) is 13.5. The van der Waals surface area contributed by atoms with Crippen LogP contribution in [0.5, 0.6) is 0 Å². The first-order valence-corrected chi connectivity index (χ1v) is 8.14. The number of aryl methyl sites for hydroxylation is 2. The number of fused-ring (bicyclic) bond motifs is 1. The van der Waals surface area contributed by atoms with Crippen LogP contribution in [0.15, 0.2) is 48.5 Å². The molecule has 0 atom stereocenters. The third-order valence-corrected chi connectivity index (χ3v) is 4.31. The van der Waals surface area contributed by atoms with Crippen molar-refractivity contribution >= 4 is 10.8 Å². The lowest BCUT2D eigenvalue weighted by Gasteiger charge is -2.09. The summed E-state index contributed by atoms with van der Waals surface area (Å²) < 4.78 is 28.6. The smallest absolute Gasteiger partial charge is 0.166 e. The minimum Gasteiger partial charge on any atom is -0.203 e. The van der Waals surface area contributed by atoms with Gasteiger partial charge >= 0.3 is 0 Å². The van der Waals surface area contributed by atoms with Crippen LogP contribution in [-0.4, -0.2) is 0 Å². The molecule has 23 heavy (non-hydrogen) atoms. The van der Waals surface area contributed by atoms with Crippen LogP contribution < -0.4 is 0 Å². The van der Waals surface area contributed by atoms with Gasteiger partial charge in [-0.2, -0.15) is 0 Å². The summed E-state index contributed by atoms with van der Waals surface area (Å²) in [5, 5.41) is 1.10. The Balaban J connectivity index is 2.10. The van der Waals surface area contributed by atoms with E-state index in [9.17, 15) is 8.78 Å². The van der Waals surface area contributed by atoms with Gasteiger partial charge in [-0.3, -0.25) is 0 Å². The van der Waals surface area contributed by atoms with Gasteiger partial charge in [0.2, 0.25) is 0 Å². The largest absolute Gasteiger partial charge is 0.203 e. The van der Waals surface area contributed by atoms with Crippen LogP contribution in [0.25, 0.3) is 21.9 Å². The molecule has 0 saturated carbocycles. The Bertz CT molecular complexity index is 833. The Morgan fingerprint density at radius 1 is 0.783 bits per heavy atom. The fraction of sp³-hybridized carbons (Fsp3) is 0.238. The SMILES string of the molecule is CCCc1cc2ccc(-c3ccc(CC)cc3)cc2c(F)c1F. The van der Waals surface area contributed by atoms with E-state index in [0.29, 0.717) is 17.4 Å². The molecule has 0 saturated heterocycles. The Morgan fingerprint density at radius 3 is 2.13 bits per heavy atom. The third kappa shape index (κ3) is 2.98. The van der Waals surface area contributed by atoms with Crippen LogP contribution in [-0.2, 0) is 12.8 Å². The fourth-order valence-electron chi connectivity index (χ4n) is 2.95. The minimum atomic E-state index is -0.738. The van der Waals surface area contributed by atoms with Gasteiger partial charge in [0.15, 0.2) is 11.6 Å². The van der Waals surface area contributed by atoms with Crippen LogP contribution in [0.3, 0.4) is 0 Å². The summed E-state index contributed by atoms with van der Waals surface area (Å²) in [5.41, 5.74) is 3.64. The van der Waals surface area contributed by atoms with Crippen LogP contribution >= 0.6 is 0 Å². The van der Waals surface area contributed by atoms with E-state index in [2.05, 4.69) is 19.1 Å². The maximum absolute atomic E-state index is 14.4. The molecule has 0 aromatic heterocycles. The topological polar surface area (TPSA) is 0 Å². The molecule has 0 unspecified atom stereocenters. The highest BCUT2D eigenvalue weighted by atomic mass is 19.2. The molecule has 0 aliphatic heterocycles. The van der Waals surface area contributed by atoms with E-state index < -0.39 is 11.6 Å². The van der Waals surface area contributed by atoms with Gasteiger partial charge in [-0.05, 0) is 52.6 Å². The normalized spacial score (nSPS) is 11.1. The molecular weight excluding hydrogens is 290 g/mol. The number of hydrogen-bond donors (Lipinski definition) is 0. The predicted octanol–water partition coefficient (Wildman–Crippen LogP) is 6.30. The van der Waals surface area contributed by atoms with E-state index >= 15 is 0 Å². The number of rotatable bonds is 4. The van der Waals surface area contributed by atoms with Crippen molar-refractivity contribution < 1.29 is 8.78 Å². The summed E-state index contributed by atoms with van der Waals surface area (Å²) in [6, 6.07) is 15.5. The molecule has 0 aliphatic rings. The summed E-state index contributed by atoms with van der Waals surface area (Å²) in [5.74, 6) is -1.45. The minimum absolute atomic E-state index is 0.347. The standard InChI is InChI=1S/C21H20F2/c1-3-5-18-12-17-11-10-16(13-19(17)21(23)20(18)22)15-8-6-14(4-2)7-9-15/h6-13H,3-5H2,1-2H3. The van der Waals surface area contributed by atoms with Crippen LogP contribution in [0.2, 0.25) is 0 Å². The summed E-state index contributed by atoms with van der Waals surface area (Å²) in [6.45, 7) is 4.07. The Kier molecular flexibility index (Phi) is 4.42. The highest BCUT2D eigenvalue weighted by molar-refractivity contribution is 5.88. The zero-order chi connectivity index (χ0) is 16.4. The van der Waals surface area contributed by atoms with Crippen molar-refractivity contribution in [3.05, 3.63) is 71.3 Å². The van der Waals surface area contributed by atoms with Gasteiger partial charge in [0, 0.05) is 5.39 Å². The molecule has 3 aromatic carbocycles. The maximum atomic E-state index is 14.4. The fourth-order valence-corrected chi connectivity index (χ4v) is 2.95. The Labute approximate surface area is 135 Å². The molecular formula is C21H20F2. The number of halogens is 2. The predicted molar refractivity (Wildman–Crippen MR) is 92.7 cm³/mol. The first kappa shape index (κ1) is 15.7. The lowest BCUT2D eigenvalue weighted by molar-refractivity contribution is 0.506. The quantitative estimate of drug-likeness (QED) is 0.530. The van der Waals surface area contributed by atoms with E-state index in [4.69, 9.17) is 0 Å². The van der Waals surface area contributed by atoms with Crippen molar-refractivity contribution in [3.8, 4) is 11.1 Å². The van der Waals surface area contributed by atoms with Crippen LogP contribution in [0, 0.1) is 11.6 Å². The maximum Gasteiger partial charge on any atom is 0.166 e. The van der Waals surface area contributed by atoms with Gasteiger partial charge in [-0.15, -0.1) is 0 Å². The van der Waals surface area contributed by atoms with Gasteiger partial charge < -0.3 is 0 Å². The Hall–Kier alpha value is -2.22. The molecule has 0 fully saturated rings. The van der Waals surface area contributed by atoms with Crippen molar-refractivity contribution in [3.63, 3.8) is 0 Å². The monoisotopic (exact) mass is 310 g/mol. The average molecular weight is 310 g/mol. The first-order chi connectivity index (χ1) is 11.1. The third-order valence-electron chi connectivity index (χ3n) is 4.31. The summed E-state index contributed by atoms with van der Waals surface area (Å²) >= 11 is 0. The molecule has 0 N–H and O–H groups in total. The lowest BCUT2D eigenvalue weighted by atomic mass is 9.97. The second kappa shape index (κ2) is 6.49. The van der Waals surface area contributed by atoms with Crippen LogP contribution in [0.1, 0.15) is 31.4 Å². The van der Waals surface area contributed by atoms with E-state index in [1.165, 1.54) is 5.56 Å². The Morgan fingerprint density at radius 2 is 1.48 bits per heavy atom. The first-order valence-electron chi connectivity index (χ1n) is 8.14. The van der Waals surface area contributed by atoms with Gasteiger partial charge in [0.25, 0.3) is 0 Å². The molecule has 3 rings (SSSR count). The summed E-state index contributed by atoms with van der Waals surface area (Å²) in [4.78, 5) is 0. The summed E-state index contributed by atoms with van der Waals surface area (Å²) in [7, 11) is 0. The van der Waals surface area contributed by atoms with Crippen molar-refractivity contribution in [1.82, 2.24) is 0 Å². The zero-order valence-corrected chi connectivity index (χ0v) is 13.5. The summed E-state index contributed by atoms with van der Waals surface area (Å²) in [6.07, 6.45) is 2.33. The molecule has 0 radical (unpaired) electrons. The van der Waals surface area contributed by atoms with Gasteiger partial charge in [-0.25, -0.2) is 8.78 Å². The van der Waals surface area contributed by atoms with E-state index in [-0.39, 0.29) is 0 Å². The van der Waals surface area contributed by atoms with Crippen LogP contribution in [0.4, 0.5) is 8.78 Å². The van der Waals surface area contributed by atoms with E-state index in [1.54, 1.807) is 12.1 Å². The molecule has 0 amide bonds. The van der Waals surface area contributed by atoms with E-state index in [1.807, 2.05) is 31.2 Å². The number of benzene rings is 3. The lowest BCUT2D eigenvalue weighted by Crippen LogP contribution is -1.96. The highest BCUT2D eigenvalue weighted by Gasteiger charge is 2.13. The second-order valence-electron chi connectivity index (χ2n) is 5.90. The average Bonchev–Trinajstić information content (AvgIpc) is 2.59. The second-order valence-corrected chi connectivity index (χ2v) is 5.90. The van der Waals surface area contributed by atoms with Gasteiger partial charge in [-0.1, -0.05) is 56.7 Å². The molecule has 0 nitrogen and oxygen atoms in total. The highest BCUT2D eigenvalue weighted by Crippen LogP contribution is 2.29. The molecule has 0 aliphatic carbocycles. The molecule has 2 heteroatoms. The molecule has 0 heterocycles. The molecule has 0 spiro atoms. The van der Waals surface area contributed by atoms with Crippen molar-refractivity contribution in [2.24, 2.45) is 0 Å². The van der Waals surface area contributed by atoms with Crippen molar-refractivity contribution in [2.45, 2.75) is 33.1 Å².